The summed E-state index contributed by atoms with van der Waals surface area (Å²) in [4.78, 5) is 0. The third-order valence-electron chi connectivity index (χ3n) is 20.1. The fourth-order valence-corrected chi connectivity index (χ4v) is 18.8. The third-order valence-corrected chi connectivity index (χ3v) is 20.1. The van der Waals surface area contributed by atoms with Crippen molar-refractivity contribution >= 4 is 27.1 Å². The maximum absolute atomic E-state index is 5.83. The molecular formula is C55H48O2. The molecule has 1 fully saturated rings. The Bertz CT molecular complexity index is 2860. The lowest BCUT2D eigenvalue weighted by atomic mass is 9.63. The van der Waals surface area contributed by atoms with Crippen molar-refractivity contribution in [1.29, 1.82) is 0 Å². The van der Waals surface area contributed by atoms with Crippen LogP contribution in [0.5, 0.6) is 11.5 Å². The van der Waals surface area contributed by atoms with Gasteiger partial charge in [0, 0.05) is 17.8 Å². The van der Waals surface area contributed by atoms with Crippen LogP contribution in [-0.4, -0.2) is 14.2 Å². The number of benzene rings is 5. The molecule has 2 heteroatoms. The smallest absolute Gasteiger partial charge is 0.118 e. The van der Waals surface area contributed by atoms with Crippen LogP contribution < -0.4 is 9.47 Å². The first-order chi connectivity index (χ1) is 28.2. The lowest BCUT2D eigenvalue weighted by Crippen LogP contribution is -2.29. The largest absolute Gasteiger partial charge is 0.497 e. The van der Waals surface area contributed by atoms with Crippen molar-refractivity contribution in [2.45, 2.75) is 117 Å². The minimum absolute atomic E-state index is 0.207. The predicted octanol–water partition coefficient (Wildman–Crippen LogP) is 13.1. The number of hydrogen-bond acceptors (Lipinski definition) is 2. The molecule has 2 nitrogen and oxygen atoms in total. The van der Waals surface area contributed by atoms with E-state index in [1.54, 1.807) is 16.3 Å². The number of hydrogen-bond donors (Lipinski definition) is 0. The Kier molecular flexibility index (Phi) is 4.94. The topological polar surface area (TPSA) is 18.5 Å². The van der Waals surface area contributed by atoms with Crippen LogP contribution in [0.15, 0.2) is 65.8 Å². The minimum Gasteiger partial charge on any atom is -0.497 e. The second-order valence-corrected chi connectivity index (χ2v) is 21.1. The van der Waals surface area contributed by atoms with E-state index in [-0.39, 0.29) is 5.92 Å². The summed E-state index contributed by atoms with van der Waals surface area (Å²) in [5, 5.41) is 7.26. The van der Waals surface area contributed by atoms with E-state index in [9.17, 15) is 0 Å². The molecule has 12 unspecified atom stereocenters. The number of methoxy groups -OCH3 is 2. The van der Waals surface area contributed by atoms with E-state index < -0.39 is 0 Å². The first-order valence-electron chi connectivity index (χ1n) is 23.2. The second-order valence-electron chi connectivity index (χ2n) is 21.1. The van der Waals surface area contributed by atoms with Gasteiger partial charge in [0.25, 0.3) is 0 Å². The molecule has 5 aromatic carbocycles. The van der Waals surface area contributed by atoms with Gasteiger partial charge in [0.1, 0.15) is 11.5 Å². The van der Waals surface area contributed by atoms with Gasteiger partial charge < -0.3 is 9.47 Å². The van der Waals surface area contributed by atoms with E-state index in [1.165, 1.54) is 75.3 Å². The molecule has 0 aliphatic heterocycles. The standard InChI is InChI=1S/C55H48O2/c1-56-24-7-3-22(4-8-24)38(23-5-9-25(57-2)10-6-23)47-52-48-39-28-13-11-26-27-12-14-29-31-16-18-33-35-20-19-34-32-17-15-30(28)41(48)43(32)50-45(34)46(35)51-44(33)42(31)49(53(47)55(51)54(50)52)40(29)37(27)21-36(26)39/h3-10,21,26-35,38-39,47H,11-20H2,1-2H3. The zero-order valence-corrected chi connectivity index (χ0v) is 33.1. The monoisotopic (exact) mass is 740 g/mol. The molecule has 0 aromatic heterocycles. The van der Waals surface area contributed by atoms with Gasteiger partial charge in [0.15, 0.2) is 0 Å². The van der Waals surface area contributed by atoms with Crippen LogP contribution >= 0.6 is 0 Å². The molecule has 17 rings (SSSR count). The molecule has 0 radical (unpaired) electrons. The van der Waals surface area contributed by atoms with Crippen LogP contribution in [0.25, 0.3) is 27.1 Å². The summed E-state index contributed by atoms with van der Waals surface area (Å²) in [5.41, 5.74) is 27.4. The summed E-state index contributed by atoms with van der Waals surface area (Å²) in [7, 11) is 3.63. The number of fused-ring (bicyclic) bond motifs is 4. The van der Waals surface area contributed by atoms with E-state index in [4.69, 9.17) is 9.47 Å². The van der Waals surface area contributed by atoms with Gasteiger partial charge in [-0.25, -0.2) is 0 Å². The van der Waals surface area contributed by atoms with Gasteiger partial charge in [-0.15, -0.1) is 0 Å². The van der Waals surface area contributed by atoms with Gasteiger partial charge in [-0.3, -0.25) is 0 Å². The van der Waals surface area contributed by atoms with Crippen LogP contribution in [0.2, 0.25) is 0 Å². The molecule has 0 amide bonds. The summed E-state index contributed by atoms with van der Waals surface area (Å²) in [6.07, 6.45) is 17.2. The molecule has 12 aliphatic carbocycles. The summed E-state index contributed by atoms with van der Waals surface area (Å²) < 4.78 is 11.7. The molecule has 0 spiro atoms. The summed E-state index contributed by atoms with van der Waals surface area (Å²) >= 11 is 0. The third kappa shape index (κ3) is 2.93. The normalized spacial score (nSPS) is 36.8. The SMILES string of the molecule is COc1ccc(C(c2ccc(OC)cc2)C2c3c4c5c6c7c8c9c%10c%11c%12c(c2c%10c37)C2C3=CC7=C4C4CCC7C3CCC2C%12CCC%11C9CCC8C6CCC54)cc1. The molecule has 8 bridgehead atoms. The van der Waals surface area contributed by atoms with Crippen LogP contribution in [0, 0.1) is 23.7 Å². The lowest BCUT2D eigenvalue weighted by Gasteiger charge is -2.41. The van der Waals surface area contributed by atoms with Crippen molar-refractivity contribution in [1.82, 2.24) is 0 Å². The van der Waals surface area contributed by atoms with E-state index in [0.717, 1.165) is 58.8 Å². The molecule has 12 atom stereocenters. The highest BCUT2D eigenvalue weighted by Gasteiger charge is 2.63. The fraction of sp³-hybridized carbons (Fsp3) is 0.455. The molecule has 12 aliphatic rings. The fourth-order valence-electron chi connectivity index (χ4n) is 18.8. The van der Waals surface area contributed by atoms with E-state index in [1.807, 2.05) is 91.8 Å². The molecule has 5 aromatic rings. The predicted molar refractivity (Wildman–Crippen MR) is 225 cm³/mol. The molecule has 0 saturated heterocycles. The molecule has 1 saturated carbocycles. The van der Waals surface area contributed by atoms with Gasteiger partial charge in [-0.1, -0.05) is 35.9 Å². The van der Waals surface area contributed by atoms with Gasteiger partial charge in [-0.05, 0) is 247 Å². The summed E-state index contributed by atoms with van der Waals surface area (Å²) in [5.74, 6) is 10.5. The lowest BCUT2D eigenvalue weighted by molar-refractivity contribution is 0.236. The second kappa shape index (κ2) is 9.43. The molecule has 0 heterocycles. The minimum atomic E-state index is 0.207. The zero-order chi connectivity index (χ0) is 36.5. The summed E-state index contributed by atoms with van der Waals surface area (Å²) in [6, 6.07) is 18.7. The van der Waals surface area contributed by atoms with Crippen molar-refractivity contribution in [3.63, 3.8) is 0 Å². The van der Waals surface area contributed by atoms with Crippen molar-refractivity contribution in [2.75, 3.05) is 14.2 Å². The van der Waals surface area contributed by atoms with Crippen LogP contribution in [0.3, 0.4) is 0 Å². The molecule has 0 N–H and O–H groups in total. The quantitative estimate of drug-likeness (QED) is 0.167. The highest BCUT2D eigenvalue weighted by Crippen LogP contribution is 2.79. The average Bonchev–Trinajstić information content (AvgIpc) is 4.09. The Balaban J connectivity index is 1.12. The Morgan fingerprint density at radius 3 is 1.58 bits per heavy atom. The zero-order valence-electron chi connectivity index (χ0n) is 33.1. The molecule has 280 valence electrons. The summed E-state index contributed by atoms with van der Waals surface area (Å²) in [6.45, 7) is 0. The number of ether oxygens (including phenoxy) is 2. The average molecular weight is 741 g/mol. The first kappa shape index (κ1) is 29.8. The maximum Gasteiger partial charge on any atom is 0.118 e. The number of rotatable bonds is 5. The van der Waals surface area contributed by atoms with E-state index in [2.05, 4.69) is 54.6 Å². The van der Waals surface area contributed by atoms with Gasteiger partial charge in [-0.2, -0.15) is 0 Å². The molecular weight excluding hydrogens is 693 g/mol. The number of allylic oxidation sites excluding steroid dienone is 4. The Labute approximate surface area is 334 Å². The molecule has 57 heavy (non-hydrogen) atoms. The van der Waals surface area contributed by atoms with Crippen molar-refractivity contribution in [3.8, 4) is 11.5 Å². The Morgan fingerprint density at radius 2 is 0.947 bits per heavy atom. The Morgan fingerprint density at radius 1 is 0.439 bits per heavy atom. The van der Waals surface area contributed by atoms with Crippen molar-refractivity contribution < 1.29 is 9.47 Å². The maximum atomic E-state index is 5.83. The van der Waals surface area contributed by atoms with Gasteiger partial charge in [0.2, 0.25) is 0 Å². The van der Waals surface area contributed by atoms with Crippen molar-refractivity contribution in [2.24, 2.45) is 23.7 Å². The van der Waals surface area contributed by atoms with Gasteiger partial charge >= 0.3 is 0 Å². The van der Waals surface area contributed by atoms with Gasteiger partial charge in [0.05, 0.1) is 14.2 Å². The van der Waals surface area contributed by atoms with Crippen molar-refractivity contribution in [3.05, 3.63) is 133 Å². The van der Waals surface area contributed by atoms with E-state index >= 15 is 0 Å². The van der Waals surface area contributed by atoms with Crippen LogP contribution in [0.1, 0.15) is 184 Å². The Hall–Kier alpha value is -4.30. The first-order valence-corrected chi connectivity index (χ1v) is 23.2. The highest BCUT2D eigenvalue weighted by atomic mass is 16.5. The van der Waals surface area contributed by atoms with Crippen LogP contribution in [-0.2, 0) is 0 Å². The van der Waals surface area contributed by atoms with E-state index in [0.29, 0.717) is 23.7 Å². The highest BCUT2D eigenvalue weighted by molar-refractivity contribution is 6.24. The van der Waals surface area contributed by atoms with Crippen LogP contribution in [0.4, 0.5) is 0 Å².